The van der Waals surface area contributed by atoms with E-state index in [9.17, 15) is 14.7 Å². The summed E-state index contributed by atoms with van der Waals surface area (Å²) < 4.78 is 12.0. The van der Waals surface area contributed by atoms with Crippen molar-refractivity contribution in [3.63, 3.8) is 0 Å². The summed E-state index contributed by atoms with van der Waals surface area (Å²) in [5.74, 6) is 0.680. The van der Waals surface area contributed by atoms with Gasteiger partial charge < -0.3 is 19.2 Å². The molecule has 204 valence electrons. The monoisotopic (exact) mass is 528 g/mol. The van der Waals surface area contributed by atoms with Crippen molar-refractivity contribution >= 4 is 11.9 Å². The van der Waals surface area contributed by atoms with Gasteiger partial charge >= 0.3 is 5.97 Å². The van der Waals surface area contributed by atoms with E-state index in [1.54, 1.807) is 18.2 Å². The number of hydrogen-bond acceptors (Lipinski definition) is 5. The summed E-state index contributed by atoms with van der Waals surface area (Å²) in [6.45, 7) is 10.9. The molecule has 7 nitrogen and oxygen atoms in total. The minimum Gasteiger partial charge on any atom is -0.493 e. The van der Waals surface area contributed by atoms with E-state index in [2.05, 4.69) is 32.9 Å². The summed E-state index contributed by atoms with van der Waals surface area (Å²) in [6.07, 6.45) is 7.39. The van der Waals surface area contributed by atoms with E-state index in [0.717, 1.165) is 28.1 Å². The van der Waals surface area contributed by atoms with Gasteiger partial charge in [0.15, 0.2) is 0 Å². The lowest BCUT2D eigenvalue weighted by molar-refractivity contribution is -0.149. The lowest BCUT2D eigenvalue weighted by Gasteiger charge is -2.34. The molecule has 39 heavy (non-hydrogen) atoms. The van der Waals surface area contributed by atoms with Crippen molar-refractivity contribution in [2.75, 3.05) is 6.61 Å². The molecular formula is C32H36N2O5. The number of amides is 1. The van der Waals surface area contributed by atoms with E-state index >= 15 is 0 Å². The van der Waals surface area contributed by atoms with Gasteiger partial charge in [-0.05, 0) is 60.2 Å². The second-order valence-electron chi connectivity index (χ2n) is 10.8. The fourth-order valence-electron chi connectivity index (χ4n) is 4.61. The molecule has 4 rings (SSSR count). The number of carboxylic acids is 1. The molecule has 2 heterocycles. The van der Waals surface area contributed by atoms with Gasteiger partial charge in [0.05, 0.1) is 12.3 Å². The summed E-state index contributed by atoms with van der Waals surface area (Å²) in [5, 5.41) is 9.70. The third kappa shape index (κ3) is 6.66. The molecule has 1 aliphatic rings. The lowest BCUT2D eigenvalue weighted by Crippen LogP contribution is -2.48. The van der Waals surface area contributed by atoms with Crippen LogP contribution in [0.15, 0.2) is 71.2 Å². The molecule has 0 fully saturated rings. The summed E-state index contributed by atoms with van der Waals surface area (Å²) >= 11 is 0. The molecule has 0 bridgehead atoms. The average Bonchev–Trinajstić information content (AvgIpc) is 3.27. The zero-order valence-electron chi connectivity index (χ0n) is 23.2. The van der Waals surface area contributed by atoms with Crippen LogP contribution in [0.2, 0.25) is 0 Å². The van der Waals surface area contributed by atoms with Crippen LogP contribution < -0.4 is 4.74 Å². The zero-order valence-corrected chi connectivity index (χ0v) is 23.2. The van der Waals surface area contributed by atoms with Gasteiger partial charge in [0, 0.05) is 31.0 Å². The normalized spacial score (nSPS) is 15.6. The first kappa shape index (κ1) is 27.9. The van der Waals surface area contributed by atoms with Crippen LogP contribution in [0.25, 0.3) is 11.5 Å². The molecule has 2 aromatic carbocycles. The molecule has 0 saturated carbocycles. The van der Waals surface area contributed by atoms with Gasteiger partial charge in [-0.15, -0.1) is 0 Å². The molecule has 1 aliphatic heterocycles. The Morgan fingerprint density at radius 3 is 2.54 bits per heavy atom. The fourth-order valence-corrected chi connectivity index (χ4v) is 4.61. The zero-order chi connectivity index (χ0) is 28.2. The first-order chi connectivity index (χ1) is 18.6. The number of benzene rings is 2. The molecule has 1 amide bonds. The standard InChI is InChI=1S/C32H36N2O5/c1-6-7-8-9-29(35)34-20-24-18-26(15-12-23(24)19-28(34)31(36)37)38-17-16-27-21(2)39-30(33-27)22-10-13-25(14-11-22)32(3,4)5/h6-15,18,28H,16-17,19-20H2,1-5H3,(H,36,37)/b7-6+,9-8+/t28-/m0/s1. The Bertz CT molecular complexity index is 1390. The van der Waals surface area contributed by atoms with Crippen molar-refractivity contribution in [3.8, 4) is 17.2 Å². The average molecular weight is 529 g/mol. The minimum atomic E-state index is -1.01. The Kier molecular flexibility index (Phi) is 8.38. The molecule has 3 aromatic rings. The Labute approximate surface area is 229 Å². The number of carbonyl (C=O) groups is 2. The molecule has 7 heteroatoms. The topological polar surface area (TPSA) is 92.9 Å². The first-order valence-corrected chi connectivity index (χ1v) is 13.2. The van der Waals surface area contributed by atoms with Gasteiger partial charge in [0.25, 0.3) is 0 Å². The Balaban J connectivity index is 1.41. The third-order valence-corrected chi connectivity index (χ3v) is 6.92. The Hall–Kier alpha value is -4.13. The highest BCUT2D eigenvalue weighted by molar-refractivity contribution is 5.92. The number of fused-ring (bicyclic) bond motifs is 1. The molecule has 0 aliphatic carbocycles. The van der Waals surface area contributed by atoms with E-state index in [-0.39, 0.29) is 24.3 Å². The summed E-state index contributed by atoms with van der Waals surface area (Å²) in [6, 6.07) is 13.0. The predicted octanol–water partition coefficient (Wildman–Crippen LogP) is 6.04. The van der Waals surface area contributed by atoms with Crippen molar-refractivity contribution in [3.05, 3.63) is 94.9 Å². The molecule has 1 atom stereocenters. The SMILES string of the molecule is C/C=C/C=C/C(=O)N1Cc2cc(OCCc3nc(-c4ccc(C(C)(C)C)cc4)oc3C)ccc2C[C@H]1C(=O)O. The number of aryl methyl sites for hydroxylation is 1. The highest BCUT2D eigenvalue weighted by Crippen LogP contribution is 2.29. The van der Waals surface area contributed by atoms with Crippen molar-refractivity contribution < 1.29 is 23.8 Å². The number of aliphatic carboxylic acids is 1. The Morgan fingerprint density at radius 2 is 1.87 bits per heavy atom. The van der Waals surface area contributed by atoms with Gasteiger partial charge in [0.1, 0.15) is 17.6 Å². The number of oxazole rings is 1. The summed E-state index contributed by atoms with van der Waals surface area (Å²) in [4.78, 5) is 30.7. The number of hydrogen-bond donors (Lipinski definition) is 1. The van der Waals surface area contributed by atoms with Crippen molar-refractivity contribution in [2.24, 2.45) is 0 Å². The second kappa shape index (κ2) is 11.7. The van der Waals surface area contributed by atoms with Crippen molar-refractivity contribution in [1.29, 1.82) is 0 Å². The highest BCUT2D eigenvalue weighted by atomic mass is 16.5. The van der Waals surface area contributed by atoms with Gasteiger partial charge in [0.2, 0.25) is 11.8 Å². The number of allylic oxidation sites excluding steroid dienone is 3. The maximum atomic E-state index is 12.7. The number of rotatable bonds is 8. The molecule has 1 aromatic heterocycles. The second-order valence-corrected chi connectivity index (χ2v) is 10.8. The molecule has 0 radical (unpaired) electrons. The molecular weight excluding hydrogens is 492 g/mol. The molecule has 0 spiro atoms. The third-order valence-electron chi connectivity index (χ3n) is 6.92. The van der Waals surface area contributed by atoms with Crippen molar-refractivity contribution in [1.82, 2.24) is 9.88 Å². The highest BCUT2D eigenvalue weighted by Gasteiger charge is 2.33. The van der Waals surface area contributed by atoms with Crippen LogP contribution in [-0.4, -0.2) is 39.5 Å². The van der Waals surface area contributed by atoms with Crippen LogP contribution in [0.3, 0.4) is 0 Å². The van der Waals surface area contributed by atoms with E-state index < -0.39 is 12.0 Å². The van der Waals surface area contributed by atoms with Gasteiger partial charge in [-0.25, -0.2) is 9.78 Å². The number of aromatic nitrogens is 1. The van der Waals surface area contributed by atoms with Gasteiger partial charge in [-0.3, -0.25) is 4.79 Å². The maximum absolute atomic E-state index is 12.7. The number of ether oxygens (including phenoxy) is 1. The van der Waals surface area contributed by atoms with Gasteiger partial charge in [-0.2, -0.15) is 0 Å². The van der Waals surface area contributed by atoms with Gasteiger partial charge in [-0.1, -0.05) is 57.2 Å². The van der Waals surface area contributed by atoms with Crippen LogP contribution in [-0.2, 0) is 34.4 Å². The predicted molar refractivity (Wildman–Crippen MR) is 151 cm³/mol. The van der Waals surface area contributed by atoms with E-state index in [1.807, 2.05) is 44.2 Å². The van der Waals surface area contributed by atoms with E-state index in [4.69, 9.17) is 14.1 Å². The number of nitrogens with zero attached hydrogens (tertiary/aromatic N) is 2. The molecule has 0 unspecified atom stereocenters. The smallest absolute Gasteiger partial charge is 0.326 e. The van der Waals surface area contributed by atoms with Crippen LogP contribution in [0.1, 0.15) is 55.8 Å². The van der Waals surface area contributed by atoms with E-state index in [1.165, 1.54) is 16.5 Å². The largest absolute Gasteiger partial charge is 0.493 e. The molecule has 1 N–H and O–H groups in total. The lowest BCUT2D eigenvalue weighted by atomic mass is 9.87. The molecule has 0 saturated heterocycles. The Morgan fingerprint density at radius 1 is 1.13 bits per heavy atom. The van der Waals surface area contributed by atoms with Crippen LogP contribution >= 0.6 is 0 Å². The van der Waals surface area contributed by atoms with Crippen molar-refractivity contribution in [2.45, 2.75) is 65.5 Å². The van der Waals surface area contributed by atoms with Crippen LogP contribution in [0, 0.1) is 6.92 Å². The van der Waals surface area contributed by atoms with Crippen LogP contribution in [0.5, 0.6) is 5.75 Å². The van der Waals surface area contributed by atoms with Crippen LogP contribution in [0.4, 0.5) is 0 Å². The number of carbonyl (C=O) groups excluding carboxylic acids is 1. The maximum Gasteiger partial charge on any atom is 0.326 e. The summed E-state index contributed by atoms with van der Waals surface area (Å²) in [7, 11) is 0. The first-order valence-electron chi connectivity index (χ1n) is 13.2. The quantitative estimate of drug-likeness (QED) is 0.283. The van der Waals surface area contributed by atoms with E-state index in [0.29, 0.717) is 24.7 Å². The minimum absolute atomic E-state index is 0.0826. The fraction of sp³-hybridized carbons (Fsp3) is 0.344. The number of carboxylic acid groups (broad SMARTS) is 1. The summed E-state index contributed by atoms with van der Waals surface area (Å²) in [5.41, 5.74) is 4.91.